The van der Waals surface area contributed by atoms with Crippen molar-refractivity contribution in [2.24, 2.45) is 0 Å². The molecule has 2 rings (SSSR count). The first-order valence-corrected chi connectivity index (χ1v) is 7.87. The number of nitrogens with one attached hydrogen (secondary N) is 1. The lowest BCUT2D eigenvalue weighted by atomic mass is 10.1. The zero-order valence-corrected chi connectivity index (χ0v) is 13.6. The van der Waals surface area contributed by atoms with Gasteiger partial charge >= 0.3 is 5.97 Å². The van der Waals surface area contributed by atoms with Gasteiger partial charge in [-0.05, 0) is 43.9 Å². The molecule has 6 heteroatoms. The molecular formula is C18H21NO5. The SMILES string of the molecule is C#CCC(NC(=O)c1ccc(OC)c(OC2CCCC2)c1)C(=O)O. The summed E-state index contributed by atoms with van der Waals surface area (Å²) >= 11 is 0. The van der Waals surface area contributed by atoms with Crippen molar-refractivity contribution < 1.29 is 24.2 Å². The molecule has 0 aromatic heterocycles. The van der Waals surface area contributed by atoms with Gasteiger partial charge in [0.1, 0.15) is 6.04 Å². The number of carboxylic acids is 1. The summed E-state index contributed by atoms with van der Waals surface area (Å²) in [6, 6.07) is 3.64. The topological polar surface area (TPSA) is 84.9 Å². The molecule has 1 fully saturated rings. The molecule has 0 radical (unpaired) electrons. The summed E-state index contributed by atoms with van der Waals surface area (Å²) in [6.45, 7) is 0. The minimum atomic E-state index is -1.17. The molecule has 0 spiro atoms. The highest BCUT2D eigenvalue weighted by Crippen LogP contribution is 2.32. The van der Waals surface area contributed by atoms with Gasteiger partial charge in [0.05, 0.1) is 13.2 Å². The first kappa shape index (κ1) is 17.7. The Balaban J connectivity index is 2.15. The lowest BCUT2D eigenvalue weighted by Crippen LogP contribution is -2.40. The van der Waals surface area contributed by atoms with Gasteiger partial charge in [0, 0.05) is 12.0 Å². The van der Waals surface area contributed by atoms with E-state index in [4.69, 9.17) is 21.0 Å². The number of carbonyl (C=O) groups excluding carboxylic acids is 1. The number of rotatable bonds is 7. The molecule has 1 atom stereocenters. The minimum absolute atomic E-state index is 0.0807. The maximum absolute atomic E-state index is 12.3. The molecule has 0 heterocycles. The molecule has 1 unspecified atom stereocenters. The Morgan fingerprint density at radius 1 is 1.38 bits per heavy atom. The fourth-order valence-electron chi connectivity index (χ4n) is 2.66. The predicted molar refractivity (Wildman–Crippen MR) is 88.2 cm³/mol. The third-order valence-corrected chi connectivity index (χ3v) is 3.95. The minimum Gasteiger partial charge on any atom is -0.493 e. The zero-order chi connectivity index (χ0) is 17.5. The Morgan fingerprint density at radius 3 is 2.67 bits per heavy atom. The van der Waals surface area contributed by atoms with Gasteiger partial charge < -0.3 is 19.9 Å². The van der Waals surface area contributed by atoms with Gasteiger partial charge in [-0.1, -0.05) is 0 Å². The number of benzene rings is 1. The Kier molecular flexibility index (Phi) is 6.07. The van der Waals surface area contributed by atoms with Crippen molar-refractivity contribution in [1.29, 1.82) is 0 Å². The average molecular weight is 331 g/mol. The Bertz CT molecular complexity index is 643. The van der Waals surface area contributed by atoms with Crippen LogP contribution in [0.25, 0.3) is 0 Å². The number of methoxy groups -OCH3 is 1. The van der Waals surface area contributed by atoms with Crippen molar-refractivity contribution in [3.63, 3.8) is 0 Å². The quantitative estimate of drug-likeness (QED) is 0.748. The van der Waals surface area contributed by atoms with Crippen molar-refractivity contribution in [2.75, 3.05) is 7.11 Å². The average Bonchev–Trinajstić information content (AvgIpc) is 3.07. The van der Waals surface area contributed by atoms with Crippen LogP contribution >= 0.6 is 0 Å². The van der Waals surface area contributed by atoms with E-state index in [2.05, 4.69) is 11.2 Å². The van der Waals surface area contributed by atoms with Crippen LogP contribution in [0, 0.1) is 12.3 Å². The Labute approximate surface area is 141 Å². The summed E-state index contributed by atoms with van der Waals surface area (Å²) in [5, 5.41) is 11.5. The summed E-state index contributed by atoms with van der Waals surface area (Å²) in [5.74, 6) is 1.58. The molecule has 0 saturated heterocycles. The van der Waals surface area contributed by atoms with Crippen LogP contribution < -0.4 is 14.8 Å². The van der Waals surface area contributed by atoms with Crippen LogP contribution in [0.2, 0.25) is 0 Å². The van der Waals surface area contributed by atoms with Crippen LogP contribution in [0.5, 0.6) is 11.5 Å². The van der Waals surface area contributed by atoms with Gasteiger partial charge in [0.15, 0.2) is 11.5 Å². The molecule has 0 aliphatic heterocycles. The Morgan fingerprint density at radius 2 is 2.08 bits per heavy atom. The summed E-state index contributed by atoms with van der Waals surface area (Å²) in [7, 11) is 1.53. The zero-order valence-electron chi connectivity index (χ0n) is 13.6. The van der Waals surface area contributed by atoms with Crippen molar-refractivity contribution in [2.45, 2.75) is 44.2 Å². The number of ether oxygens (including phenoxy) is 2. The summed E-state index contributed by atoms with van der Waals surface area (Å²) < 4.78 is 11.2. The van der Waals surface area contributed by atoms with Gasteiger partial charge in [-0.15, -0.1) is 12.3 Å². The lowest BCUT2D eigenvalue weighted by molar-refractivity contribution is -0.139. The first-order valence-electron chi connectivity index (χ1n) is 7.87. The van der Waals surface area contributed by atoms with Crippen LogP contribution in [-0.2, 0) is 4.79 Å². The fourth-order valence-corrected chi connectivity index (χ4v) is 2.66. The van der Waals surface area contributed by atoms with E-state index in [-0.39, 0.29) is 12.5 Å². The largest absolute Gasteiger partial charge is 0.493 e. The normalized spacial score (nSPS) is 15.3. The first-order chi connectivity index (χ1) is 11.5. The molecule has 1 aliphatic rings. The smallest absolute Gasteiger partial charge is 0.327 e. The monoisotopic (exact) mass is 331 g/mol. The second-order valence-electron chi connectivity index (χ2n) is 5.66. The number of hydrogen-bond acceptors (Lipinski definition) is 4. The molecule has 24 heavy (non-hydrogen) atoms. The van der Waals surface area contributed by atoms with Crippen molar-refractivity contribution in [3.8, 4) is 23.8 Å². The number of hydrogen-bond donors (Lipinski definition) is 2. The number of terminal acetylenes is 1. The molecule has 0 bridgehead atoms. The van der Waals surface area contributed by atoms with Gasteiger partial charge in [0.25, 0.3) is 5.91 Å². The fraction of sp³-hybridized carbons (Fsp3) is 0.444. The molecule has 1 saturated carbocycles. The third kappa shape index (κ3) is 4.42. The van der Waals surface area contributed by atoms with Crippen molar-refractivity contribution in [3.05, 3.63) is 23.8 Å². The van der Waals surface area contributed by atoms with Crippen LogP contribution in [0.3, 0.4) is 0 Å². The van der Waals surface area contributed by atoms with Gasteiger partial charge in [0.2, 0.25) is 0 Å². The molecule has 128 valence electrons. The molecular weight excluding hydrogens is 310 g/mol. The summed E-state index contributed by atoms with van der Waals surface area (Å²) in [6.07, 6.45) is 9.37. The molecule has 1 amide bonds. The lowest BCUT2D eigenvalue weighted by Gasteiger charge is -2.17. The Hall–Kier alpha value is -2.68. The van der Waals surface area contributed by atoms with E-state index in [0.717, 1.165) is 25.7 Å². The van der Waals surface area contributed by atoms with Gasteiger partial charge in [-0.2, -0.15) is 0 Å². The predicted octanol–water partition coefficient (Wildman–Crippen LogP) is 2.22. The summed E-state index contributed by atoms with van der Waals surface area (Å²) in [4.78, 5) is 23.4. The second kappa shape index (κ2) is 8.25. The van der Waals surface area contributed by atoms with Crippen LogP contribution in [0.4, 0.5) is 0 Å². The second-order valence-corrected chi connectivity index (χ2v) is 5.66. The van der Waals surface area contributed by atoms with E-state index in [9.17, 15) is 9.59 Å². The highest BCUT2D eigenvalue weighted by molar-refractivity contribution is 5.97. The van der Waals surface area contributed by atoms with Crippen LogP contribution in [0.15, 0.2) is 18.2 Å². The molecule has 1 aliphatic carbocycles. The van der Waals surface area contributed by atoms with E-state index < -0.39 is 17.9 Å². The maximum atomic E-state index is 12.3. The van der Waals surface area contributed by atoms with Crippen LogP contribution in [-0.4, -0.2) is 36.2 Å². The van der Waals surface area contributed by atoms with Crippen LogP contribution in [0.1, 0.15) is 42.5 Å². The summed E-state index contributed by atoms with van der Waals surface area (Å²) in [5.41, 5.74) is 0.298. The van der Waals surface area contributed by atoms with Crippen molar-refractivity contribution >= 4 is 11.9 Å². The van der Waals surface area contributed by atoms with Gasteiger partial charge in [-0.3, -0.25) is 4.79 Å². The molecule has 2 N–H and O–H groups in total. The molecule has 1 aromatic carbocycles. The van der Waals surface area contributed by atoms with E-state index in [1.165, 1.54) is 7.11 Å². The highest BCUT2D eigenvalue weighted by Gasteiger charge is 2.22. The standard InChI is InChI=1S/C18H21NO5/c1-3-6-14(18(21)22)19-17(20)12-9-10-15(23-2)16(11-12)24-13-7-4-5-8-13/h1,9-11,13-14H,4-8H2,2H3,(H,19,20)(H,21,22). The molecule has 6 nitrogen and oxygen atoms in total. The number of aliphatic carboxylic acids is 1. The van der Waals surface area contributed by atoms with E-state index >= 15 is 0 Å². The van der Waals surface area contributed by atoms with E-state index in [0.29, 0.717) is 17.1 Å². The van der Waals surface area contributed by atoms with Crippen molar-refractivity contribution in [1.82, 2.24) is 5.32 Å². The third-order valence-electron chi connectivity index (χ3n) is 3.95. The van der Waals surface area contributed by atoms with Gasteiger partial charge in [-0.25, -0.2) is 4.79 Å². The van der Waals surface area contributed by atoms with E-state index in [1.807, 2.05) is 0 Å². The highest BCUT2D eigenvalue weighted by atomic mass is 16.5. The number of carboxylic acid groups (broad SMARTS) is 1. The maximum Gasteiger partial charge on any atom is 0.327 e. The number of carbonyl (C=O) groups is 2. The molecule has 1 aromatic rings. The number of amides is 1. The van der Waals surface area contributed by atoms with E-state index in [1.54, 1.807) is 18.2 Å².